The van der Waals surface area contributed by atoms with Crippen LogP contribution in [0.25, 0.3) is 0 Å². The van der Waals surface area contributed by atoms with E-state index >= 15 is 0 Å². The largest absolute Gasteiger partial charge is 0.299 e. The van der Waals surface area contributed by atoms with Crippen molar-refractivity contribution in [2.24, 2.45) is 23.2 Å². The van der Waals surface area contributed by atoms with Crippen LogP contribution in [0.4, 0.5) is 0 Å². The Morgan fingerprint density at radius 3 is 2.40 bits per heavy atom. The van der Waals surface area contributed by atoms with Gasteiger partial charge in [-0.2, -0.15) is 5.10 Å². The normalized spacial score (nSPS) is 38.4. The Morgan fingerprint density at radius 2 is 1.85 bits per heavy atom. The van der Waals surface area contributed by atoms with E-state index < -0.39 is 0 Å². The second-order valence-electron chi connectivity index (χ2n) is 7.29. The maximum absolute atomic E-state index is 13.0. The lowest BCUT2D eigenvalue weighted by Crippen LogP contribution is -2.50. The predicted molar refractivity (Wildman–Crippen MR) is 75.0 cm³/mol. The summed E-state index contributed by atoms with van der Waals surface area (Å²) in [5.74, 6) is 3.78. The molecule has 4 bridgehead atoms. The van der Waals surface area contributed by atoms with Crippen molar-refractivity contribution in [3.05, 3.63) is 12.2 Å². The monoisotopic (exact) mass is 273 g/mol. The van der Waals surface area contributed by atoms with Gasteiger partial charge in [0.05, 0.1) is 6.42 Å². The lowest BCUT2D eigenvalue weighted by Gasteiger charge is -2.56. The van der Waals surface area contributed by atoms with Crippen LogP contribution in [0.1, 0.15) is 51.3 Å². The van der Waals surface area contributed by atoms with Crippen molar-refractivity contribution in [1.29, 1.82) is 0 Å². The van der Waals surface area contributed by atoms with E-state index in [9.17, 15) is 4.79 Å². The molecule has 0 spiro atoms. The van der Waals surface area contributed by atoms with Crippen molar-refractivity contribution in [2.75, 3.05) is 0 Å². The standard InChI is InChI=1S/C16H23N3O/c1-2-19-15(17-10-18-19)6-14(20)16-7-11-3-12(8-16)5-13(4-11)9-16/h10-13H,2-9H2,1H3. The van der Waals surface area contributed by atoms with Crippen molar-refractivity contribution in [3.8, 4) is 0 Å². The SMILES string of the molecule is CCn1ncnc1CC(=O)C12CC3CC(CC(C3)C1)C2. The molecule has 4 saturated carbocycles. The van der Waals surface area contributed by atoms with Crippen LogP contribution in [0.2, 0.25) is 0 Å². The molecule has 0 aromatic carbocycles. The van der Waals surface area contributed by atoms with E-state index in [2.05, 4.69) is 10.1 Å². The molecule has 20 heavy (non-hydrogen) atoms. The Morgan fingerprint density at radius 1 is 1.25 bits per heavy atom. The molecule has 0 radical (unpaired) electrons. The van der Waals surface area contributed by atoms with Gasteiger partial charge in [-0.1, -0.05) is 0 Å². The fourth-order valence-electron chi connectivity index (χ4n) is 5.47. The quantitative estimate of drug-likeness (QED) is 0.847. The zero-order valence-corrected chi connectivity index (χ0v) is 12.2. The number of rotatable bonds is 4. The van der Waals surface area contributed by atoms with Crippen LogP contribution in [-0.4, -0.2) is 20.5 Å². The fraction of sp³-hybridized carbons (Fsp3) is 0.812. The van der Waals surface area contributed by atoms with E-state index in [0.29, 0.717) is 12.2 Å². The molecule has 1 aromatic rings. The summed E-state index contributed by atoms with van der Waals surface area (Å²) in [6, 6.07) is 0. The number of hydrogen-bond donors (Lipinski definition) is 0. The molecule has 1 heterocycles. The molecule has 5 rings (SSSR count). The Balaban J connectivity index is 1.56. The Kier molecular flexibility index (Phi) is 2.76. The Hall–Kier alpha value is -1.19. The minimum Gasteiger partial charge on any atom is -0.299 e. The van der Waals surface area contributed by atoms with Crippen LogP contribution >= 0.6 is 0 Å². The van der Waals surface area contributed by atoms with Crippen molar-refractivity contribution in [2.45, 2.75) is 58.4 Å². The first-order valence-corrected chi connectivity index (χ1v) is 8.08. The highest BCUT2D eigenvalue weighted by Gasteiger charge is 2.54. The average molecular weight is 273 g/mol. The maximum atomic E-state index is 13.0. The maximum Gasteiger partial charge on any atom is 0.146 e. The van der Waals surface area contributed by atoms with E-state index in [1.54, 1.807) is 6.33 Å². The lowest BCUT2D eigenvalue weighted by molar-refractivity contribution is -0.143. The molecule has 0 atom stereocenters. The molecular weight excluding hydrogens is 250 g/mol. The summed E-state index contributed by atoms with van der Waals surface area (Å²) < 4.78 is 1.86. The summed E-state index contributed by atoms with van der Waals surface area (Å²) in [6.07, 6.45) is 9.67. The van der Waals surface area contributed by atoms with E-state index in [-0.39, 0.29) is 5.41 Å². The van der Waals surface area contributed by atoms with Crippen molar-refractivity contribution in [1.82, 2.24) is 14.8 Å². The van der Waals surface area contributed by atoms with E-state index in [4.69, 9.17) is 0 Å². The van der Waals surface area contributed by atoms with Crippen molar-refractivity contribution >= 4 is 5.78 Å². The summed E-state index contributed by atoms with van der Waals surface area (Å²) in [7, 11) is 0. The number of ketones is 1. The van der Waals surface area contributed by atoms with E-state index in [1.165, 1.54) is 19.3 Å². The molecule has 108 valence electrons. The highest BCUT2D eigenvalue weighted by molar-refractivity contribution is 5.86. The number of carbonyl (C=O) groups excluding carboxylic acids is 1. The second-order valence-corrected chi connectivity index (χ2v) is 7.29. The van der Waals surface area contributed by atoms with Gasteiger partial charge >= 0.3 is 0 Å². The molecule has 0 N–H and O–H groups in total. The molecule has 0 aliphatic heterocycles. The zero-order chi connectivity index (χ0) is 13.7. The van der Waals surface area contributed by atoms with E-state index in [0.717, 1.165) is 49.4 Å². The number of hydrogen-bond acceptors (Lipinski definition) is 3. The first kappa shape index (κ1) is 12.5. The molecule has 0 saturated heterocycles. The van der Waals surface area contributed by atoms with Crippen molar-refractivity contribution < 1.29 is 4.79 Å². The van der Waals surface area contributed by atoms with Crippen molar-refractivity contribution in [3.63, 3.8) is 0 Å². The van der Waals surface area contributed by atoms with Crippen LogP contribution < -0.4 is 0 Å². The average Bonchev–Trinajstić information content (AvgIpc) is 2.84. The molecule has 4 heteroatoms. The van der Waals surface area contributed by atoms with Gasteiger partial charge in [0.25, 0.3) is 0 Å². The summed E-state index contributed by atoms with van der Waals surface area (Å²) in [5.41, 5.74) is -0.000723. The lowest BCUT2D eigenvalue weighted by atomic mass is 9.48. The predicted octanol–water partition coefficient (Wildman–Crippen LogP) is 2.63. The van der Waals surface area contributed by atoms with Gasteiger partial charge in [-0.15, -0.1) is 0 Å². The van der Waals surface area contributed by atoms with E-state index in [1.807, 2.05) is 11.6 Å². The van der Waals surface area contributed by atoms with Gasteiger partial charge in [0.2, 0.25) is 0 Å². The van der Waals surface area contributed by atoms with Crippen LogP contribution in [0, 0.1) is 23.2 Å². The third-order valence-electron chi connectivity index (χ3n) is 5.94. The number of carbonyl (C=O) groups is 1. The van der Waals surface area contributed by atoms with Crippen LogP contribution in [0.5, 0.6) is 0 Å². The number of Topliss-reactive ketones (excluding diaryl/α,β-unsaturated/α-hetero) is 1. The molecule has 0 amide bonds. The van der Waals surface area contributed by atoms with Gasteiger partial charge in [-0.25, -0.2) is 9.67 Å². The number of aryl methyl sites for hydroxylation is 1. The van der Waals surface area contributed by atoms with Crippen LogP contribution in [0.3, 0.4) is 0 Å². The molecule has 4 nitrogen and oxygen atoms in total. The second kappa shape index (κ2) is 4.40. The third kappa shape index (κ3) is 1.84. The summed E-state index contributed by atoms with van der Waals surface area (Å²) in [5, 5.41) is 4.19. The Labute approximate surface area is 120 Å². The first-order chi connectivity index (χ1) is 9.68. The zero-order valence-electron chi connectivity index (χ0n) is 12.2. The van der Waals surface area contributed by atoms with Gasteiger partial charge < -0.3 is 0 Å². The fourth-order valence-corrected chi connectivity index (χ4v) is 5.47. The topological polar surface area (TPSA) is 47.8 Å². The molecular formula is C16H23N3O. The molecule has 4 aliphatic carbocycles. The molecule has 0 unspecified atom stereocenters. The first-order valence-electron chi connectivity index (χ1n) is 8.08. The third-order valence-corrected chi connectivity index (χ3v) is 5.94. The summed E-state index contributed by atoms with van der Waals surface area (Å²) in [6.45, 7) is 2.84. The van der Waals surface area contributed by atoms with Gasteiger partial charge in [0, 0.05) is 12.0 Å². The minimum atomic E-state index is -0.000723. The summed E-state index contributed by atoms with van der Waals surface area (Å²) in [4.78, 5) is 17.2. The van der Waals surface area contributed by atoms with Gasteiger partial charge in [0.1, 0.15) is 17.9 Å². The highest BCUT2D eigenvalue weighted by atomic mass is 16.1. The van der Waals surface area contributed by atoms with Crippen LogP contribution in [0.15, 0.2) is 6.33 Å². The van der Waals surface area contributed by atoms with Gasteiger partial charge in [-0.05, 0) is 63.2 Å². The molecule has 4 fully saturated rings. The highest BCUT2D eigenvalue weighted by Crippen LogP contribution is 2.60. The van der Waals surface area contributed by atoms with Crippen LogP contribution in [-0.2, 0) is 17.8 Å². The summed E-state index contributed by atoms with van der Waals surface area (Å²) >= 11 is 0. The Bertz CT molecular complexity index is 498. The number of nitrogens with zero attached hydrogens (tertiary/aromatic N) is 3. The molecule has 4 aliphatic rings. The van der Waals surface area contributed by atoms with Gasteiger partial charge in [-0.3, -0.25) is 4.79 Å². The number of aromatic nitrogens is 3. The van der Waals surface area contributed by atoms with Gasteiger partial charge in [0.15, 0.2) is 0 Å². The minimum absolute atomic E-state index is 0.000723. The molecule has 1 aromatic heterocycles. The smallest absolute Gasteiger partial charge is 0.146 e.